The van der Waals surface area contributed by atoms with Crippen LogP contribution in [0.15, 0.2) is 0 Å². The highest BCUT2D eigenvalue weighted by Crippen LogP contribution is 2.15. The van der Waals surface area contributed by atoms with E-state index < -0.39 is 0 Å². The summed E-state index contributed by atoms with van der Waals surface area (Å²) in [6.07, 6.45) is 6.11. The quantitative estimate of drug-likeness (QED) is 0.842. The van der Waals surface area contributed by atoms with Crippen molar-refractivity contribution in [2.45, 2.75) is 58.9 Å². The second-order valence-electron chi connectivity index (χ2n) is 5.70. The van der Waals surface area contributed by atoms with E-state index in [2.05, 4.69) is 31.1 Å². The van der Waals surface area contributed by atoms with Gasteiger partial charge >= 0.3 is 0 Å². The minimum Gasteiger partial charge on any atom is -0.346 e. The first kappa shape index (κ1) is 12.6. The van der Waals surface area contributed by atoms with Crippen molar-refractivity contribution in [1.82, 2.24) is 15.3 Å². The number of H-pyrrole nitrogens is 1. The molecule has 0 amide bonds. The van der Waals surface area contributed by atoms with Gasteiger partial charge in [0, 0.05) is 18.2 Å². The second-order valence-corrected chi connectivity index (χ2v) is 5.70. The minimum absolute atomic E-state index is 0.626. The summed E-state index contributed by atoms with van der Waals surface area (Å²) in [4.78, 5) is 8.19. The average molecular weight is 235 g/mol. The van der Waals surface area contributed by atoms with Gasteiger partial charge in [-0.1, -0.05) is 20.3 Å². The van der Waals surface area contributed by atoms with E-state index in [4.69, 9.17) is 4.98 Å². The monoisotopic (exact) mass is 235 g/mol. The molecule has 0 spiro atoms. The Bertz CT molecular complexity index is 348. The number of aromatic nitrogens is 2. The Morgan fingerprint density at radius 3 is 2.82 bits per heavy atom. The van der Waals surface area contributed by atoms with E-state index in [9.17, 15) is 0 Å². The van der Waals surface area contributed by atoms with E-state index in [-0.39, 0.29) is 0 Å². The van der Waals surface area contributed by atoms with Crippen molar-refractivity contribution < 1.29 is 0 Å². The third-order valence-electron chi connectivity index (χ3n) is 3.49. The third-order valence-corrected chi connectivity index (χ3v) is 3.49. The first-order valence-electron chi connectivity index (χ1n) is 6.93. The van der Waals surface area contributed by atoms with Crippen LogP contribution in [0.3, 0.4) is 0 Å². The van der Waals surface area contributed by atoms with Gasteiger partial charge in [0.1, 0.15) is 5.82 Å². The Kier molecular flexibility index (Phi) is 4.21. The number of rotatable bonds is 4. The van der Waals surface area contributed by atoms with Crippen molar-refractivity contribution in [2.75, 3.05) is 6.54 Å². The molecular formula is C14H25N3. The third kappa shape index (κ3) is 3.56. The molecule has 2 N–H and O–H groups in total. The van der Waals surface area contributed by atoms with Crippen LogP contribution in [-0.2, 0) is 12.8 Å². The minimum atomic E-state index is 0.626. The molecule has 1 saturated heterocycles. The van der Waals surface area contributed by atoms with E-state index in [1.54, 1.807) is 0 Å². The molecule has 2 rings (SSSR count). The Balaban J connectivity index is 1.96. The van der Waals surface area contributed by atoms with Crippen LogP contribution in [0.5, 0.6) is 0 Å². The molecule has 1 unspecified atom stereocenters. The maximum Gasteiger partial charge on any atom is 0.108 e. The predicted octanol–water partition coefficient (Wildman–Crippen LogP) is 2.60. The van der Waals surface area contributed by atoms with Crippen molar-refractivity contribution in [1.29, 1.82) is 0 Å². The van der Waals surface area contributed by atoms with Crippen molar-refractivity contribution in [3.63, 3.8) is 0 Å². The molecule has 0 radical (unpaired) electrons. The molecule has 96 valence electrons. The highest BCUT2D eigenvalue weighted by atomic mass is 15.0. The largest absolute Gasteiger partial charge is 0.346 e. The maximum absolute atomic E-state index is 4.75. The Hall–Kier alpha value is -0.830. The lowest BCUT2D eigenvalue weighted by atomic mass is 10.0. The standard InChI is InChI=1S/C14H25N3/c1-10(2)8-13-11(3)16-14(17-13)9-12-6-4-5-7-15-12/h10,12,15H,4-9H2,1-3H3,(H,16,17). The van der Waals surface area contributed by atoms with Crippen molar-refractivity contribution >= 4 is 0 Å². The summed E-state index contributed by atoms with van der Waals surface area (Å²) in [5, 5.41) is 3.58. The van der Waals surface area contributed by atoms with E-state index in [0.717, 1.165) is 18.7 Å². The molecule has 1 aromatic rings. The average Bonchev–Trinajstić information content (AvgIpc) is 2.59. The van der Waals surface area contributed by atoms with Crippen LogP contribution < -0.4 is 5.32 Å². The fourth-order valence-corrected chi connectivity index (χ4v) is 2.58. The van der Waals surface area contributed by atoms with Crippen LogP contribution in [0.2, 0.25) is 0 Å². The maximum atomic E-state index is 4.75. The predicted molar refractivity (Wildman–Crippen MR) is 71.2 cm³/mol. The molecule has 0 aromatic carbocycles. The van der Waals surface area contributed by atoms with E-state index in [0.29, 0.717) is 12.0 Å². The van der Waals surface area contributed by atoms with Gasteiger partial charge in [0.2, 0.25) is 0 Å². The van der Waals surface area contributed by atoms with Gasteiger partial charge in [0.25, 0.3) is 0 Å². The Labute approximate surface area is 104 Å². The summed E-state index contributed by atoms with van der Waals surface area (Å²) in [6.45, 7) is 7.80. The number of aromatic amines is 1. The first-order valence-corrected chi connectivity index (χ1v) is 6.93. The van der Waals surface area contributed by atoms with Gasteiger partial charge in [0.05, 0.1) is 5.69 Å². The molecular weight excluding hydrogens is 210 g/mol. The van der Waals surface area contributed by atoms with Crippen LogP contribution in [0, 0.1) is 12.8 Å². The van der Waals surface area contributed by atoms with Gasteiger partial charge in [-0.3, -0.25) is 0 Å². The summed E-state index contributed by atoms with van der Waals surface area (Å²) in [7, 11) is 0. The molecule has 0 saturated carbocycles. The molecule has 17 heavy (non-hydrogen) atoms. The van der Waals surface area contributed by atoms with E-state index in [1.165, 1.54) is 37.2 Å². The number of hydrogen-bond donors (Lipinski definition) is 2. The fraction of sp³-hybridized carbons (Fsp3) is 0.786. The Morgan fingerprint density at radius 2 is 2.18 bits per heavy atom. The van der Waals surface area contributed by atoms with Crippen LogP contribution >= 0.6 is 0 Å². The molecule has 1 aromatic heterocycles. The van der Waals surface area contributed by atoms with Crippen molar-refractivity contribution in [3.05, 3.63) is 17.2 Å². The number of imidazole rings is 1. The zero-order chi connectivity index (χ0) is 12.3. The fourth-order valence-electron chi connectivity index (χ4n) is 2.58. The lowest BCUT2D eigenvalue weighted by Gasteiger charge is -2.22. The Morgan fingerprint density at radius 1 is 1.35 bits per heavy atom. The second kappa shape index (κ2) is 5.67. The van der Waals surface area contributed by atoms with Gasteiger partial charge in [0.15, 0.2) is 0 Å². The molecule has 0 aliphatic carbocycles. The lowest BCUT2D eigenvalue weighted by Crippen LogP contribution is -2.35. The topological polar surface area (TPSA) is 40.7 Å². The van der Waals surface area contributed by atoms with Gasteiger partial charge in [-0.2, -0.15) is 0 Å². The summed E-state index contributed by atoms with van der Waals surface area (Å²) < 4.78 is 0. The van der Waals surface area contributed by atoms with Gasteiger partial charge in [-0.15, -0.1) is 0 Å². The zero-order valence-electron chi connectivity index (χ0n) is 11.3. The molecule has 1 fully saturated rings. The molecule has 1 aliphatic heterocycles. The number of nitrogens with zero attached hydrogens (tertiary/aromatic N) is 1. The highest BCUT2D eigenvalue weighted by molar-refractivity contribution is 5.14. The summed E-state index contributed by atoms with van der Waals surface area (Å²) in [6, 6.07) is 0.626. The SMILES string of the molecule is Cc1[nH]c(CC2CCCCN2)nc1CC(C)C. The number of piperidine rings is 1. The molecule has 0 bridgehead atoms. The molecule has 1 aliphatic rings. The molecule has 3 nitrogen and oxygen atoms in total. The number of aryl methyl sites for hydroxylation is 1. The summed E-state index contributed by atoms with van der Waals surface area (Å²) in [5.74, 6) is 1.84. The molecule has 2 heterocycles. The first-order chi connectivity index (χ1) is 8.15. The normalized spacial score (nSPS) is 21.1. The zero-order valence-corrected chi connectivity index (χ0v) is 11.3. The van der Waals surface area contributed by atoms with Crippen molar-refractivity contribution in [2.24, 2.45) is 5.92 Å². The smallest absolute Gasteiger partial charge is 0.108 e. The number of nitrogens with one attached hydrogen (secondary N) is 2. The summed E-state index contributed by atoms with van der Waals surface area (Å²) in [5.41, 5.74) is 2.51. The van der Waals surface area contributed by atoms with Gasteiger partial charge in [-0.25, -0.2) is 4.98 Å². The van der Waals surface area contributed by atoms with Gasteiger partial charge in [-0.05, 0) is 38.6 Å². The van der Waals surface area contributed by atoms with E-state index in [1.807, 2.05) is 0 Å². The number of hydrogen-bond acceptors (Lipinski definition) is 2. The van der Waals surface area contributed by atoms with Crippen molar-refractivity contribution in [3.8, 4) is 0 Å². The van der Waals surface area contributed by atoms with Crippen LogP contribution in [-0.4, -0.2) is 22.6 Å². The van der Waals surface area contributed by atoms with Crippen LogP contribution in [0.25, 0.3) is 0 Å². The molecule has 1 atom stereocenters. The van der Waals surface area contributed by atoms with Crippen LogP contribution in [0.1, 0.15) is 50.3 Å². The van der Waals surface area contributed by atoms with Crippen LogP contribution in [0.4, 0.5) is 0 Å². The highest BCUT2D eigenvalue weighted by Gasteiger charge is 2.16. The summed E-state index contributed by atoms with van der Waals surface area (Å²) >= 11 is 0. The lowest BCUT2D eigenvalue weighted by molar-refractivity contribution is 0.395. The molecule has 3 heteroatoms. The van der Waals surface area contributed by atoms with E-state index >= 15 is 0 Å². The van der Waals surface area contributed by atoms with Gasteiger partial charge < -0.3 is 10.3 Å².